The maximum atomic E-state index is 12.1. The second-order valence-electron chi connectivity index (χ2n) is 6.99. The molecule has 1 fully saturated rings. The molecular formula is C18H26N2O5. The maximum Gasteiger partial charge on any atom is 0.410 e. The Morgan fingerprint density at radius 3 is 2.24 bits per heavy atom. The lowest BCUT2D eigenvalue weighted by Crippen LogP contribution is -2.52. The summed E-state index contributed by atoms with van der Waals surface area (Å²) >= 11 is 0. The van der Waals surface area contributed by atoms with Gasteiger partial charge < -0.3 is 19.5 Å². The van der Waals surface area contributed by atoms with Crippen LogP contribution in [-0.2, 0) is 9.53 Å². The summed E-state index contributed by atoms with van der Waals surface area (Å²) in [6, 6.07) is 6.31. The smallest absolute Gasteiger partial charge is 0.410 e. The third-order valence-corrected chi connectivity index (χ3v) is 4.00. The van der Waals surface area contributed by atoms with Crippen molar-refractivity contribution in [2.24, 2.45) is 0 Å². The fraction of sp³-hybridized carbons (Fsp3) is 0.556. The van der Waals surface area contributed by atoms with E-state index in [0.29, 0.717) is 37.5 Å². The number of carboxylic acid groups (broad SMARTS) is 1. The largest absolute Gasteiger partial charge is 0.496 e. The first-order valence-corrected chi connectivity index (χ1v) is 8.30. The zero-order valence-electron chi connectivity index (χ0n) is 15.2. The normalized spacial score (nSPS) is 17.0. The first-order valence-electron chi connectivity index (χ1n) is 8.30. The van der Waals surface area contributed by atoms with Gasteiger partial charge in [0.05, 0.1) is 7.11 Å². The predicted molar refractivity (Wildman–Crippen MR) is 92.8 cm³/mol. The molecule has 1 aliphatic heterocycles. The van der Waals surface area contributed by atoms with Crippen LogP contribution in [-0.4, -0.2) is 65.9 Å². The molecule has 7 heteroatoms. The summed E-state index contributed by atoms with van der Waals surface area (Å²) < 4.78 is 10.7. The van der Waals surface area contributed by atoms with Crippen molar-refractivity contribution in [3.05, 3.63) is 29.8 Å². The van der Waals surface area contributed by atoms with Gasteiger partial charge >= 0.3 is 12.1 Å². The molecule has 0 saturated carbocycles. The molecule has 1 atom stereocenters. The van der Waals surface area contributed by atoms with Crippen LogP contribution in [0.15, 0.2) is 24.3 Å². The first kappa shape index (κ1) is 19.1. The molecule has 1 aromatic carbocycles. The third-order valence-electron chi connectivity index (χ3n) is 4.00. The Bertz CT molecular complexity index is 618. The molecule has 0 aliphatic carbocycles. The predicted octanol–water partition coefficient (Wildman–Crippen LogP) is 2.37. The minimum Gasteiger partial charge on any atom is -0.496 e. The van der Waals surface area contributed by atoms with Gasteiger partial charge in [0, 0.05) is 31.7 Å². The number of para-hydroxylation sites is 1. The van der Waals surface area contributed by atoms with E-state index >= 15 is 0 Å². The van der Waals surface area contributed by atoms with Crippen LogP contribution >= 0.6 is 0 Å². The highest BCUT2D eigenvalue weighted by atomic mass is 16.6. The van der Waals surface area contributed by atoms with E-state index in [0.717, 1.165) is 0 Å². The number of piperazine rings is 1. The lowest BCUT2D eigenvalue weighted by atomic mass is 10.0. The summed E-state index contributed by atoms with van der Waals surface area (Å²) in [6.45, 7) is 7.22. The van der Waals surface area contributed by atoms with Gasteiger partial charge in [-0.05, 0) is 26.8 Å². The standard InChI is InChI=1S/C18H26N2O5/c1-18(2,3)25-17(23)20-11-9-19(10-12-20)15(16(21)22)13-7-5-6-8-14(13)24-4/h5-8,15H,9-12H2,1-4H3,(H,21,22). The fourth-order valence-electron chi connectivity index (χ4n) is 2.87. The quantitative estimate of drug-likeness (QED) is 0.898. The fourth-order valence-corrected chi connectivity index (χ4v) is 2.87. The number of aliphatic carboxylic acids is 1. The Kier molecular flexibility index (Phi) is 5.89. The molecule has 0 aromatic heterocycles. The van der Waals surface area contributed by atoms with Crippen LogP contribution in [0.3, 0.4) is 0 Å². The lowest BCUT2D eigenvalue weighted by molar-refractivity contribution is -0.144. The molecule has 0 spiro atoms. The van der Waals surface area contributed by atoms with Crippen molar-refractivity contribution >= 4 is 12.1 Å². The number of amides is 1. The van der Waals surface area contributed by atoms with E-state index < -0.39 is 17.6 Å². The summed E-state index contributed by atoms with van der Waals surface area (Å²) in [5.74, 6) is -0.389. The molecule has 1 saturated heterocycles. The Morgan fingerprint density at radius 1 is 1.12 bits per heavy atom. The number of benzene rings is 1. The minimum atomic E-state index is -0.935. The van der Waals surface area contributed by atoms with Crippen molar-refractivity contribution in [1.82, 2.24) is 9.80 Å². The SMILES string of the molecule is COc1ccccc1C(C(=O)O)N1CCN(C(=O)OC(C)(C)C)CC1. The molecule has 1 aliphatic rings. The summed E-state index contributed by atoms with van der Waals surface area (Å²) in [6.07, 6.45) is -0.365. The number of hydrogen-bond donors (Lipinski definition) is 1. The van der Waals surface area contributed by atoms with Crippen LogP contribution in [0.5, 0.6) is 5.75 Å². The van der Waals surface area contributed by atoms with Crippen LogP contribution in [0.4, 0.5) is 4.79 Å². The number of carbonyl (C=O) groups is 2. The van der Waals surface area contributed by atoms with Gasteiger partial charge in [-0.15, -0.1) is 0 Å². The molecule has 1 N–H and O–H groups in total. The van der Waals surface area contributed by atoms with Crippen molar-refractivity contribution in [1.29, 1.82) is 0 Å². The number of carboxylic acids is 1. The van der Waals surface area contributed by atoms with Crippen LogP contribution in [0.25, 0.3) is 0 Å². The molecule has 0 bridgehead atoms. The Morgan fingerprint density at radius 2 is 1.72 bits per heavy atom. The van der Waals surface area contributed by atoms with E-state index in [1.165, 1.54) is 7.11 Å². The van der Waals surface area contributed by atoms with E-state index in [2.05, 4.69) is 0 Å². The first-order chi connectivity index (χ1) is 11.7. The number of carbonyl (C=O) groups excluding carboxylic acids is 1. The van der Waals surface area contributed by atoms with Gasteiger partial charge in [-0.1, -0.05) is 18.2 Å². The molecule has 1 aromatic rings. The van der Waals surface area contributed by atoms with Gasteiger partial charge in [0.15, 0.2) is 0 Å². The highest BCUT2D eigenvalue weighted by Crippen LogP contribution is 2.30. The highest BCUT2D eigenvalue weighted by Gasteiger charge is 2.34. The van der Waals surface area contributed by atoms with Crippen molar-refractivity contribution in [2.45, 2.75) is 32.4 Å². The van der Waals surface area contributed by atoms with Crippen LogP contribution in [0.1, 0.15) is 32.4 Å². The van der Waals surface area contributed by atoms with Crippen molar-refractivity contribution in [3.8, 4) is 5.75 Å². The highest BCUT2D eigenvalue weighted by molar-refractivity contribution is 5.77. The number of ether oxygens (including phenoxy) is 2. The van der Waals surface area contributed by atoms with E-state index in [1.54, 1.807) is 23.1 Å². The Hall–Kier alpha value is -2.28. The molecule has 25 heavy (non-hydrogen) atoms. The molecule has 1 unspecified atom stereocenters. The molecule has 138 valence electrons. The monoisotopic (exact) mass is 350 g/mol. The van der Waals surface area contributed by atoms with Crippen molar-refractivity contribution in [2.75, 3.05) is 33.3 Å². The number of nitrogens with zero attached hydrogens (tertiary/aromatic N) is 2. The van der Waals surface area contributed by atoms with E-state index in [1.807, 2.05) is 31.7 Å². The van der Waals surface area contributed by atoms with Gasteiger partial charge in [-0.3, -0.25) is 9.69 Å². The molecule has 1 heterocycles. The van der Waals surface area contributed by atoms with E-state index in [9.17, 15) is 14.7 Å². The Labute approximate surface area is 148 Å². The zero-order valence-corrected chi connectivity index (χ0v) is 15.2. The number of hydrogen-bond acceptors (Lipinski definition) is 5. The third kappa shape index (κ3) is 4.85. The van der Waals surface area contributed by atoms with E-state index in [-0.39, 0.29) is 6.09 Å². The number of methoxy groups -OCH3 is 1. The summed E-state index contributed by atoms with van der Waals surface area (Å²) in [5, 5.41) is 9.72. The molecule has 1 amide bonds. The average Bonchev–Trinajstić information content (AvgIpc) is 2.54. The van der Waals surface area contributed by atoms with Crippen LogP contribution in [0, 0.1) is 0 Å². The van der Waals surface area contributed by atoms with Gasteiger partial charge in [0.2, 0.25) is 0 Å². The van der Waals surface area contributed by atoms with Crippen LogP contribution in [0.2, 0.25) is 0 Å². The molecule has 2 rings (SSSR count). The Balaban J connectivity index is 2.09. The van der Waals surface area contributed by atoms with Crippen molar-refractivity contribution in [3.63, 3.8) is 0 Å². The van der Waals surface area contributed by atoms with Crippen LogP contribution < -0.4 is 4.74 Å². The molecule has 0 radical (unpaired) electrons. The van der Waals surface area contributed by atoms with Crippen molar-refractivity contribution < 1.29 is 24.2 Å². The average molecular weight is 350 g/mol. The second kappa shape index (κ2) is 7.74. The van der Waals surface area contributed by atoms with Gasteiger partial charge in [-0.25, -0.2) is 4.79 Å². The summed E-state index contributed by atoms with van der Waals surface area (Å²) in [7, 11) is 1.53. The minimum absolute atomic E-state index is 0.365. The van der Waals surface area contributed by atoms with E-state index in [4.69, 9.17) is 9.47 Å². The topological polar surface area (TPSA) is 79.3 Å². The van der Waals surface area contributed by atoms with Gasteiger partial charge in [0.25, 0.3) is 0 Å². The lowest BCUT2D eigenvalue weighted by Gasteiger charge is -2.38. The maximum absolute atomic E-state index is 12.1. The number of rotatable bonds is 4. The summed E-state index contributed by atoms with van der Waals surface area (Å²) in [4.78, 5) is 27.5. The zero-order chi connectivity index (χ0) is 18.6. The molecular weight excluding hydrogens is 324 g/mol. The van der Waals surface area contributed by atoms with Gasteiger partial charge in [-0.2, -0.15) is 0 Å². The second-order valence-corrected chi connectivity index (χ2v) is 6.99. The van der Waals surface area contributed by atoms with Gasteiger partial charge in [0.1, 0.15) is 17.4 Å². The summed E-state index contributed by atoms with van der Waals surface area (Å²) in [5.41, 5.74) is 0.0677. The molecule has 7 nitrogen and oxygen atoms in total.